The van der Waals surface area contributed by atoms with Crippen molar-refractivity contribution < 1.29 is 22.1 Å². The largest absolute Gasteiger partial charge is 0.493 e. The fourth-order valence-corrected chi connectivity index (χ4v) is 6.07. The fourth-order valence-electron chi connectivity index (χ4n) is 3.99. The molecule has 8 nitrogen and oxygen atoms in total. The van der Waals surface area contributed by atoms with Gasteiger partial charge in [0.05, 0.1) is 43.3 Å². The fraction of sp³-hybridized carbons (Fsp3) is 0.364. The average molecular weight is 510 g/mol. The number of thioether (sulfide) groups is 1. The van der Waals surface area contributed by atoms with Gasteiger partial charge < -0.3 is 9.47 Å². The van der Waals surface area contributed by atoms with Gasteiger partial charge in [-0.25, -0.2) is 0 Å². The molecule has 0 N–H and O–H groups in total. The second-order valence-corrected chi connectivity index (χ2v) is 10.9. The van der Waals surface area contributed by atoms with E-state index < -0.39 is 10.1 Å². The third kappa shape index (κ3) is 4.84. The monoisotopic (exact) mass is 509 g/mol. The smallest absolute Gasteiger partial charge is 0.264 e. The summed E-state index contributed by atoms with van der Waals surface area (Å²) in [4.78, 5) is 0. The highest BCUT2D eigenvalue weighted by molar-refractivity contribution is 8.00. The Kier molecular flexibility index (Phi) is 6.90. The Morgan fingerprint density at radius 2 is 1.91 bits per heavy atom. The zero-order chi connectivity index (χ0) is 23.8. The van der Waals surface area contributed by atoms with Gasteiger partial charge in [0.1, 0.15) is 5.82 Å². The third-order valence-electron chi connectivity index (χ3n) is 5.34. The number of rotatable bonds is 7. The Bertz CT molecular complexity index is 1280. The minimum absolute atomic E-state index is 0.0292. The molecule has 1 aliphatic heterocycles. The first-order chi connectivity index (χ1) is 15.7. The lowest BCUT2D eigenvalue weighted by molar-refractivity contribution is 0.313. The van der Waals surface area contributed by atoms with Crippen LogP contribution in [0, 0.1) is 6.92 Å². The van der Waals surface area contributed by atoms with Crippen LogP contribution in [0.2, 0.25) is 5.02 Å². The van der Waals surface area contributed by atoms with Crippen molar-refractivity contribution in [2.24, 2.45) is 0 Å². The Morgan fingerprint density at radius 1 is 1.12 bits per heavy atom. The summed E-state index contributed by atoms with van der Waals surface area (Å²) >= 11 is 8.05. The number of aryl methyl sites for hydroxylation is 1. The summed E-state index contributed by atoms with van der Waals surface area (Å²) in [6.45, 7) is 1.91. The van der Waals surface area contributed by atoms with Crippen LogP contribution in [0.5, 0.6) is 11.5 Å². The van der Waals surface area contributed by atoms with Gasteiger partial charge in [-0.05, 0) is 43.2 Å². The van der Waals surface area contributed by atoms with Gasteiger partial charge in [-0.2, -0.15) is 8.42 Å². The summed E-state index contributed by atoms with van der Waals surface area (Å²) in [5, 5.41) is 8.92. The number of ether oxygens (including phenoxy) is 2. The van der Waals surface area contributed by atoms with E-state index >= 15 is 0 Å². The lowest BCUT2D eigenvalue weighted by atomic mass is 10.0. The van der Waals surface area contributed by atoms with Gasteiger partial charge in [0.2, 0.25) is 0 Å². The van der Waals surface area contributed by atoms with Crippen LogP contribution in [-0.4, -0.2) is 50.3 Å². The summed E-state index contributed by atoms with van der Waals surface area (Å²) in [6, 6.07) is 11.5. The van der Waals surface area contributed by atoms with Gasteiger partial charge in [-0.3, -0.25) is 8.75 Å². The van der Waals surface area contributed by atoms with Gasteiger partial charge in [-0.15, -0.1) is 22.0 Å². The van der Waals surface area contributed by atoms with Crippen molar-refractivity contribution in [2.75, 3.05) is 27.1 Å². The van der Waals surface area contributed by atoms with Gasteiger partial charge in [0.25, 0.3) is 10.1 Å². The van der Waals surface area contributed by atoms with Gasteiger partial charge >= 0.3 is 0 Å². The molecule has 1 aromatic heterocycles. The van der Waals surface area contributed by atoms with Crippen molar-refractivity contribution in [3.05, 3.63) is 64.2 Å². The maximum Gasteiger partial charge on any atom is 0.264 e. The number of para-hydroxylation sites is 1. The minimum atomic E-state index is -3.56. The molecule has 0 spiro atoms. The van der Waals surface area contributed by atoms with Crippen LogP contribution in [-0.2, 0) is 14.3 Å². The van der Waals surface area contributed by atoms with Gasteiger partial charge in [-0.1, -0.05) is 23.7 Å². The third-order valence-corrected chi connectivity index (χ3v) is 7.73. The number of aromatic nitrogens is 3. The molecule has 0 bridgehead atoms. The van der Waals surface area contributed by atoms with Crippen LogP contribution in [0.3, 0.4) is 0 Å². The van der Waals surface area contributed by atoms with Crippen molar-refractivity contribution in [1.29, 1.82) is 0 Å². The van der Waals surface area contributed by atoms with E-state index in [0.29, 0.717) is 22.9 Å². The summed E-state index contributed by atoms with van der Waals surface area (Å²) in [5.41, 5.74) is 2.79. The van der Waals surface area contributed by atoms with Crippen LogP contribution in [0.1, 0.15) is 39.7 Å². The average Bonchev–Trinajstić information content (AvgIpc) is 3.09. The molecule has 0 amide bonds. The van der Waals surface area contributed by atoms with E-state index in [0.717, 1.165) is 34.7 Å². The second kappa shape index (κ2) is 9.54. The van der Waals surface area contributed by atoms with Gasteiger partial charge in [0, 0.05) is 10.6 Å². The first-order valence-corrected chi connectivity index (χ1v) is 13.3. The Hall–Kier alpha value is -2.27. The zero-order valence-electron chi connectivity index (χ0n) is 18.6. The molecule has 2 heterocycles. The predicted octanol–water partition coefficient (Wildman–Crippen LogP) is 4.49. The number of hydrogen-bond acceptors (Lipinski definition) is 8. The number of fused-ring (bicyclic) bond motifs is 3. The topological polar surface area (TPSA) is 92.5 Å². The highest BCUT2D eigenvalue weighted by Gasteiger charge is 2.35. The number of methoxy groups -OCH3 is 2. The zero-order valence-corrected chi connectivity index (χ0v) is 21.0. The second-order valence-electron chi connectivity index (χ2n) is 7.55. The molecule has 176 valence electrons. The molecule has 0 saturated carbocycles. The van der Waals surface area contributed by atoms with Crippen molar-refractivity contribution >= 4 is 33.5 Å². The molecule has 11 heteroatoms. The van der Waals surface area contributed by atoms with Crippen molar-refractivity contribution in [3.63, 3.8) is 0 Å². The van der Waals surface area contributed by atoms with Crippen LogP contribution >= 0.6 is 23.4 Å². The molecule has 0 radical (unpaired) electrons. The maximum absolute atomic E-state index is 11.5. The summed E-state index contributed by atoms with van der Waals surface area (Å²) in [6.07, 6.45) is 1.46. The van der Waals surface area contributed by atoms with Crippen LogP contribution in [0.25, 0.3) is 5.69 Å². The van der Waals surface area contributed by atoms with E-state index in [2.05, 4.69) is 10.2 Å². The summed E-state index contributed by atoms with van der Waals surface area (Å²) in [7, 11) is -0.348. The normalized spacial score (nSPS) is 17.7. The number of halogens is 1. The van der Waals surface area contributed by atoms with Gasteiger partial charge in [0.15, 0.2) is 17.3 Å². The van der Waals surface area contributed by atoms with E-state index in [1.165, 1.54) is 0 Å². The lowest BCUT2D eigenvalue weighted by Gasteiger charge is -2.24. The lowest BCUT2D eigenvalue weighted by Crippen LogP contribution is -2.10. The number of hydrogen-bond donors (Lipinski definition) is 0. The maximum atomic E-state index is 11.5. The van der Waals surface area contributed by atoms with Crippen molar-refractivity contribution in [1.82, 2.24) is 14.8 Å². The Balaban J connectivity index is 1.88. The first kappa shape index (κ1) is 23.9. The number of nitrogens with zero attached hydrogens (tertiary/aromatic N) is 3. The van der Waals surface area contributed by atoms with E-state index in [4.69, 9.17) is 25.3 Å². The first-order valence-electron chi connectivity index (χ1n) is 10.2. The Morgan fingerprint density at radius 3 is 2.61 bits per heavy atom. The summed E-state index contributed by atoms with van der Waals surface area (Å²) in [5.74, 6) is 2.70. The molecule has 3 aromatic rings. The predicted molar refractivity (Wildman–Crippen MR) is 128 cm³/mol. The van der Waals surface area contributed by atoms with E-state index in [1.54, 1.807) is 26.0 Å². The summed E-state index contributed by atoms with van der Waals surface area (Å²) < 4.78 is 41.4. The van der Waals surface area contributed by atoms with Crippen LogP contribution in [0.4, 0.5) is 0 Å². The SMILES string of the molecule is COc1cccc(C2SC(CCOS(C)(=O)=O)c3nnc(C)n3-c3ccc(Cl)cc32)c1OC. The highest BCUT2D eigenvalue weighted by Crippen LogP contribution is 2.53. The molecule has 2 unspecified atom stereocenters. The Labute approximate surface area is 202 Å². The molecule has 0 aliphatic carbocycles. The molecule has 33 heavy (non-hydrogen) atoms. The molecule has 2 aromatic carbocycles. The van der Waals surface area contributed by atoms with Crippen molar-refractivity contribution in [2.45, 2.75) is 23.8 Å². The van der Waals surface area contributed by atoms with Crippen LogP contribution in [0.15, 0.2) is 36.4 Å². The molecule has 2 atom stereocenters. The molecule has 1 aliphatic rings. The van der Waals surface area contributed by atoms with Crippen molar-refractivity contribution in [3.8, 4) is 17.2 Å². The molecular formula is C22H24ClN3O5S2. The number of benzene rings is 2. The molecule has 4 rings (SSSR count). The van der Waals surface area contributed by atoms with E-state index in [9.17, 15) is 8.42 Å². The van der Waals surface area contributed by atoms with E-state index in [1.807, 2.05) is 47.9 Å². The minimum Gasteiger partial charge on any atom is -0.493 e. The quantitative estimate of drug-likeness (QED) is 0.430. The van der Waals surface area contributed by atoms with E-state index in [-0.39, 0.29) is 17.1 Å². The molecular weight excluding hydrogens is 486 g/mol. The highest BCUT2D eigenvalue weighted by atomic mass is 35.5. The standard InChI is InChI=1S/C22H24ClN3O5S2/c1-13-24-25-22-19(10-11-31-33(4,27)28)32-21(15-6-5-7-18(29-2)20(15)30-3)16-12-14(23)8-9-17(16)26(13)22/h5-9,12,19,21H,10-11H2,1-4H3. The molecule has 0 fully saturated rings. The molecule has 0 saturated heterocycles. The van der Waals surface area contributed by atoms with Crippen LogP contribution < -0.4 is 9.47 Å².